The maximum Gasteiger partial charge on any atom is 0.242 e. The zero-order valence-electron chi connectivity index (χ0n) is 14.7. The molecule has 1 aliphatic rings. The molecule has 1 saturated heterocycles. The molecule has 0 aromatic carbocycles. The zero-order chi connectivity index (χ0) is 17.9. The van der Waals surface area contributed by atoms with Gasteiger partial charge < -0.3 is 9.47 Å². The Morgan fingerprint density at radius 3 is 3.08 bits per heavy atom. The SMILES string of the molecule is Cc1cc(-c2cccs2)nc([C@H]2CCCN(C(=O)Cn3ccnc3)C2)n1. The number of aromatic nitrogens is 4. The number of carbonyl (C=O) groups is 1. The molecule has 1 aliphatic heterocycles. The smallest absolute Gasteiger partial charge is 0.242 e. The quantitative estimate of drug-likeness (QED) is 0.711. The lowest BCUT2D eigenvalue weighted by Gasteiger charge is -2.32. The number of imidazole rings is 1. The van der Waals surface area contributed by atoms with E-state index in [0.717, 1.165) is 41.5 Å². The molecule has 0 spiro atoms. The topological polar surface area (TPSA) is 63.9 Å². The van der Waals surface area contributed by atoms with Crippen molar-refractivity contribution >= 4 is 17.2 Å². The van der Waals surface area contributed by atoms with E-state index in [1.54, 1.807) is 23.9 Å². The lowest BCUT2D eigenvalue weighted by atomic mass is 9.96. The molecule has 6 nitrogen and oxygen atoms in total. The summed E-state index contributed by atoms with van der Waals surface area (Å²) < 4.78 is 1.81. The third kappa shape index (κ3) is 3.67. The first-order valence-electron chi connectivity index (χ1n) is 8.82. The summed E-state index contributed by atoms with van der Waals surface area (Å²) in [7, 11) is 0. The molecular weight excluding hydrogens is 346 g/mol. The third-order valence-electron chi connectivity index (χ3n) is 4.66. The lowest BCUT2D eigenvalue weighted by Crippen LogP contribution is -2.41. The number of likely N-dealkylation sites (tertiary alicyclic amines) is 1. The van der Waals surface area contributed by atoms with Crippen molar-refractivity contribution in [2.45, 2.75) is 32.2 Å². The predicted octanol–water partition coefficient (Wildman–Crippen LogP) is 3.12. The second-order valence-corrected chi connectivity index (χ2v) is 7.59. The summed E-state index contributed by atoms with van der Waals surface area (Å²) in [5, 5.41) is 2.06. The molecule has 0 N–H and O–H groups in total. The van der Waals surface area contributed by atoms with E-state index < -0.39 is 0 Å². The number of hydrogen-bond donors (Lipinski definition) is 0. The van der Waals surface area contributed by atoms with Gasteiger partial charge >= 0.3 is 0 Å². The minimum atomic E-state index is 0.124. The van der Waals surface area contributed by atoms with Gasteiger partial charge in [0, 0.05) is 37.1 Å². The van der Waals surface area contributed by atoms with E-state index in [4.69, 9.17) is 4.98 Å². The molecule has 134 valence electrons. The highest BCUT2D eigenvalue weighted by Crippen LogP contribution is 2.28. The van der Waals surface area contributed by atoms with Crippen molar-refractivity contribution in [2.75, 3.05) is 13.1 Å². The molecule has 3 aromatic heterocycles. The van der Waals surface area contributed by atoms with Gasteiger partial charge in [-0.2, -0.15) is 0 Å². The van der Waals surface area contributed by atoms with E-state index in [2.05, 4.69) is 21.4 Å². The van der Waals surface area contributed by atoms with E-state index >= 15 is 0 Å². The average molecular weight is 367 g/mol. The fraction of sp³-hybridized carbons (Fsp3) is 0.368. The highest BCUT2D eigenvalue weighted by molar-refractivity contribution is 7.13. The Kier molecular flexibility index (Phi) is 4.79. The molecule has 0 radical (unpaired) electrons. The van der Waals surface area contributed by atoms with Gasteiger partial charge in [0.1, 0.15) is 12.4 Å². The van der Waals surface area contributed by atoms with Gasteiger partial charge in [0.15, 0.2) is 0 Å². The van der Waals surface area contributed by atoms with Crippen molar-refractivity contribution in [3.05, 3.63) is 53.8 Å². The van der Waals surface area contributed by atoms with Crippen LogP contribution in [0.1, 0.15) is 30.3 Å². The lowest BCUT2D eigenvalue weighted by molar-refractivity contribution is -0.133. The molecular formula is C19H21N5OS. The third-order valence-corrected chi connectivity index (χ3v) is 5.55. The van der Waals surface area contributed by atoms with Gasteiger partial charge in [-0.05, 0) is 37.3 Å². The van der Waals surface area contributed by atoms with Crippen LogP contribution in [0.5, 0.6) is 0 Å². The first-order valence-corrected chi connectivity index (χ1v) is 9.70. The highest BCUT2D eigenvalue weighted by atomic mass is 32.1. The Labute approximate surface area is 156 Å². The van der Waals surface area contributed by atoms with Gasteiger partial charge in [-0.25, -0.2) is 15.0 Å². The maximum atomic E-state index is 12.6. The number of thiophene rings is 1. The fourth-order valence-corrected chi connectivity index (χ4v) is 4.06. The van der Waals surface area contributed by atoms with Crippen LogP contribution in [0, 0.1) is 6.92 Å². The number of amides is 1. The van der Waals surface area contributed by atoms with Gasteiger partial charge in [-0.3, -0.25) is 4.79 Å². The predicted molar refractivity (Wildman–Crippen MR) is 101 cm³/mol. The molecule has 0 aliphatic carbocycles. The molecule has 7 heteroatoms. The minimum Gasteiger partial charge on any atom is -0.340 e. The molecule has 4 heterocycles. The van der Waals surface area contributed by atoms with E-state index in [1.807, 2.05) is 34.7 Å². The van der Waals surface area contributed by atoms with Crippen molar-refractivity contribution in [3.63, 3.8) is 0 Å². The van der Waals surface area contributed by atoms with Crippen LogP contribution in [0.15, 0.2) is 42.3 Å². The van der Waals surface area contributed by atoms with Gasteiger partial charge in [-0.15, -0.1) is 11.3 Å². The Balaban J connectivity index is 1.51. The summed E-state index contributed by atoms with van der Waals surface area (Å²) in [5.74, 6) is 1.17. The van der Waals surface area contributed by atoms with E-state index in [9.17, 15) is 4.79 Å². The summed E-state index contributed by atoms with van der Waals surface area (Å²) in [5.41, 5.74) is 1.95. The number of rotatable bonds is 4. The molecule has 1 atom stereocenters. The van der Waals surface area contributed by atoms with Crippen LogP contribution in [0.3, 0.4) is 0 Å². The Morgan fingerprint density at radius 1 is 1.38 bits per heavy atom. The molecule has 4 rings (SSSR count). The van der Waals surface area contributed by atoms with E-state index in [-0.39, 0.29) is 11.8 Å². The Hall–Kier alpha value is -2.54. The molecule has 0 unspecified atom stereocenters. The van der Waals surface area contributed by atoms with Crippen molar-refractivity contribution in [1.29, 1.82) is 0 Å². The van der Waals surface area contributed by atoms with Crippen LogP contribution in [-0.4, -0.2) is 43.4 Å². The standard InChI is InChI=1S/C19H21N5OS/c1-14-10-16(17-5-3-9-26-17)22-19(21-14)15-4-2-7-24(11-15)18(25)12-23-8-6-20-13-23/h3,5-6,8-10,13,15H,2,4,7,11-12H2,1H3/t15-/m0/s1. The normalized spacial score (nSPS) is 17.4. The number of carbonyl (C=O) groups excluding carboxylic acids is 1. The van der Waals surface area contributed by atoms with Crippen molar-refractivity contribution in [3.8, 4) is 10.6 Å². The summed E-state index contributed by atoms with van der Waals surface area (Å²) >= 11 is 1.68. The zero-order valence-corrected chi connectivity index (χ0v) is 15.5. The van der Waals surface area contributed by atoms with Crippen LogP contribution >= 0.6 is 11.3 Å². The van der Waals surface area contributed by atoms with Crippen molar-refractivity contribution in [2.24, 2.45) is 0 Å². The van der Waals surface area contributed by atoms with Gasteiger partial charge in [-0.1, -0.05) is 6.07 Å². The van der Waals surface area contributed by atoms with Crippen LogP contribution in [0.2, 0.25) is 0 Å². The summed E-state index contributed by atoms with van der Waals surface area (Å²) in [6, 6.07) is 6.15. The second kappa shape index (κ2) is 7.37. The monoisotopic (exact) mass is 367 g/mol. The van der Waals surface area contributed by atoms with Crippen LogP contribution in [0.25, 0.3) is 10.6 Å². The maximum absolute atomic E-state index is 12.6. The number of piperidine rings is 1. The van der Waals surface area contributed by atoms with Crippen LogP contribution in [0.4, 0.5) is 0 Å². The average Bonchev–Trinajstić information content (AvgIpc) is 3.35. The van der Waals surface area contributed by atoms with Gasteiger partial charge in [0.25, 0.3) is 0 Å². The second-order valence-electron chi connectivity index (χ2n) is 6.64. The Bertz CT molecular complexity index is 875. The van der Waals surface area contributed by atoms with E-state index in [1.165, 1.54) is 0 Å². The molecule has 1 amide bonds. The van der Waals surface area contributed by atoms with Gasteiger partial charge in [0.05, 0.1) is 16.9 Å². The summed E-state index contributed by atoms with van der Waals surface area (Å²) in [4.78, 5) is 29.2. The molecule has 0 saturated carbocycles. The summed E-state index contributed by atoms with van der Waals surface area (Å²) in [6.45, 7) is 3.82. The van der Waals surface area contributed by atoms with E-state index in [0.29, 0.717) is 13.1 Å². The fourth-order valence-electron chi connectivity index (χ4n) is 3.38. The Morgan fingerprint density at radius 2 is 2.31 bits per heavy atom. The first-order chi connectivity index (χ1) is 12.7. The van der Waals surface area contributed by atoms with Crippen molar-refractivity contribution in [1.82, 2.24) is 24.4 Å². The molecule has 26 heavy (non-hydrogen) atoms. The molecule has 1 fully saturated rings. The number of hydrogen-bond acceptors (Lipinski definition) is 5. The largest absolute Gasteiger partial charge is 0.340 e. The number of nitrogens with zero attached hydrogens (tertiary/aromatic N) is 5. The number of aryl methyl sites for hydroxylation is 1. The van der Waals surface area contributed by atoms with Gasteiger partial charge in [0.2, 0.25) is 5.91 Å². The summed E-state index contributed by atoms with van der Waals surface area (Å²) in [6.07, 6.45) is 7.18. The van der Waals surface area contributed by atoms with Crippen LogP contribution in [-0.2, 0) is 11.3 Å². The molecule has 3 aromatic rings. The van der Waals surface area contributed by atoms with Crippen molar-refractivity contribution < 1.29 is 4.79 Å². The first kappa shape index (κ1) is 16.9. The minimum absolute atomic E-state index is 0.124. The highest BCUT2D eigenvalue weighted by Gasteiger charge is 2.27. The molecule has 0 bridgehead atoms. The van der Waals surface area contributed by atoms with Crippen LogP contribution < -0.4 is 0 Å².